The van der Waals surface area contributed by atoms with Crippen LogP contribution in [0.1, 0.15) is 6.92 Å². The Bertz CT molecular complexity index is 370. The Kier molecular flexibility index (Phi) is 5.31. The molecule has 3 N–H and O–H groups in total. The lowest BCUT2D eigenvalue weighted by molar-refractivity contribution is -0.384. The van der Waals surface area contributed by atoms with Crippen molar-refractivity contribution in [2.24, 2.45) is 0 Å². The fourth-order valence-corrected chi connectivity index (χ4v) is 1.28. The first-order chi connectivity index (χ1) is 8.11. The molecule has 0 aliphatic carbocycles. The summed E-state index contributed by atoms with van der Waals surface area (Å²) in [5.41, 5.74) is 0.409. The van der Waals surface area contributed by atoms with Gasteiger partial charge in [0.2, 0.25) is 0 Å². The van der Waals surface area contributed by atoms with Crippen LogP contribution in [-0.4, -0.2) is 40.8 Å². The summed E-state index contributed by atoms with van der Waals surface area (Å²) in [6.45, 7) is 3.34. The van der Waals surface area contributed by atoms with Crippen molar-refractivity contribution in [3.63, 3.8) is 0 Å². The SMILES string of the molecule is CC(O)CNCCNc1ccncc1[N+](=O)[O-]. The van der Waals surface area contributed by atoms with E-state index in [9.17, 15) is 10.1 Å². The van der Waals surface area contributed by atoms with Crippen molar-refractivity contribution < 1.29 is 10.0 Å². The number of anilines is 1. The van der Waals surface area contributed by atoms with Crippen LogP contribution in [0.15, 0.2) is 18.5 Å². The van der Waals surface area contributed by atoms with Crippen molar-refractivity contribution in [1.29, 1.82) is 0 Å². The van der Waals surface area contributed by atoms with E-state index in [2.05, 4.69) is 15.6 Å². The Hall–Kier alpha value is -1.73. The summed E-state index contributed by atoms with van der Waals surface area (Å²) in [6.07, 6.45) is 2.31. The highest BCUT2D eigenvalue weighted by Crippen LogP contribution is 2.21. The lowest BCUT2D eigenvalue weighted by Gasteiger charge is -2.08. The van der Waals surface area contributed by atoms with Crippen molar-refractivity contribution in [1.82, 2.24) is 10.3 Å². The van der Waals surface area contributed by atoms with Gasteiger partial charge in [-0.2, -0.15) is 0 Å². The molecule has 0 amide bonds. The van der Waals surface area contributed by atoms with Crippen LogP contribution in [0.25, 0.3) is 0 Å². The molecule has 0 saturated carbocycles. The third-order valence-corrected chi connectivity index (χ3v) is 2.05. The molecule has 0 saturated heterocycles. The van der Waals surface area contributed by atoms with Gasteiger partial charge in [-0.25, -0.2) is 0 Å². The quantitative estimate of drug-likeness (QED) is 0.362. The van der Waals surface area contributed by atoms with E-state index in [1.54, 1.807) is 13.0 Å². The largest absolute Gasteiger partial charge is 0.392 e. The average Bonchev–Trinajstić information content (AvgIpc) is 2.28. The smallest absolute Gasteiger partial charge is 0.310 e. The van der Waals surface area contributed by atoms with Crippen LogP contribution in [-0.2, 0) is 0 Å². The zero-order valence-electron chi connectivity index (χ0n) is 9.59. The van der Waals surface area contributed by atoms with Crippen LogP contribution in [0.2, 0.25) is 0 Å². The number of aromatic nitrogens is 1. The normalized spacial score (nSPS) is 12.1. The van der Waals surface area contributed by atoms with E-state index < -0.39 is 11.0 Å². The average molecular weight is 240 g/mol. The van der Waals surface area contributed by atoms with Gasteiger partial charge in [-0.05, 0) is 13.0 Å². The van der Waals surface area contributed by atoms with Crippen molar-refractivity contribution in [2.75, 3.05) is 25.0 Å². The first-order valence-corrected chi connectivity index (χ1v) is 5.32. The second kappa shape index (κ2) is 6.77. The maximum Gasteiger partial charge on any atom is 0.310 e. The fraction of sp³-hybridized carbons (Fsp3) is 0.500. The first-order valence-electron chi connectivity index (χ1n) is 5.32. The highest BCUT2D eigenvalue weighted by Gasteiger charge is 2.11. The Balaban J connectivity index is 2.39. The van der Waals surface area contributed by atoms with Crippen LogP contribution in [0.4, 0.5) is 11.4 Å². The molecule has 7 nitrogen and oxygen atoms in total. The van der Waals surface area contributed by atoms with Crippen molar-refractivity contribution in [3.05, 3.63) is 28.6 Å². The predicted molar refractivity (Wildman–Crippen MR) is 63.9 cm³/mol. The number of hydrogen-bond donors (Lipinski definition) is 3. The monoisotopic (exact) mass is 240 g/mol. The number of nitrogens with zero attached hydrogens (tertiary/aromatic N) is 2. The molecular formula is C10H16N4O3. The molecule has 0 spiro atoms. The molecule has 1 heterocycles. The van der Waals surface area contributed by atoms with Crippen molar-refractivity contribution >= 4 is 11.4 Å². The molecule has 94 valence electrons. The third kappa shape index (κ3) is 4.75. The second-order valence-corrected chi connectivity index (χ2v) is 3.63. The third-order valence-electron chi connectivity index (χ3n) is 2.05. The molecular weight excluding hydrogens is 224 g/mol. The number of nitro groups is 1. The number of pyridine rings is 1. The summed E-state index contributed by atoms with van der Waals surface area (Å²) >= 11 is 0. The van der Waals surface area contributed by atoms with Crippen molar-refractivity contribution in [2.45, 2.75) is 13.0 Å². The zero-order chi connectivity index (χ0) is 12.7. The highest BCUT2D eigenvalue weighted by molar-refractivity contribution is 5.59. The maximum atomic E-state index is 10.7. The Morgan fingerprint density at radius 1 is 1.59 bits per heavy atom. The Labute approximate surface area is 99.0 Å². The maximum absolute atomic E-state index is 10.7. The fourth-order valence-electron chi connectivity index (χ4n) is 1.28. The number of rotatable bonds is 7. The molecule has 1 rings (SSSR count). The minimum absolute atomic E-state index is 0.0389. The van der Waals surface area contributed by atoms with Crippen LogP contribution < -0.4 is 10.6 Å². The van der Waals surface area contributed by atoms with Gasteiger partial charge in [0.1, 0.15) is 11.9 Å². The van der Waals surface area contributed by atoms with E-state index >= 15 is 0 Å². The summed E-state index contributed by atoms with van der Waals surface area (Å²) in [4.78, 5) is 13.9. The highest BCUT2D eigenvalue weighted by atomic mass is 16.6. The van der Waals surface area contributed by atoms with Gasteiger partial charge in [0, 0.05) is 25.8 Å². The van der Waals surface area contributed by atoms with Gasteiger partial charge in [-0.1, -0.05) is 0 Å². The zero-order valence-corrected chi connectivity index (χ0v) is 9.59. The molecule has 0 bridgehead atoms. The molecule has 0 aromatic carbocycles. The molecule has 0 radical (unpaired) electrons. The summed E-state index contributed by atoms with van der Waals surface area (Å²) in [6, 6.07) is 1.56. The van der Waals surface area contributed by atoms with E-state index in [4.69, 9.17) is 5.11 Å². The second-order valence-electron chi connectivity index (χ2n) is 3.63. The lowest BCUT2D eigenvalue weighted by Crippen LogP contribution is -2.29. The predicted octanol–water partition coefficient (Wildman–Crippen LogP) is 0.372. The van der Waals surface area contributed by atoms with E-state index in [0.29, 0.717) is 25.3 Å². The van der Waals surface area contributed by atoms with Gasteiger partial charge >= 0.3 is 5.69 Å². The summed E-state index contributed by atoms with van der Waals surface area (Å²) in [5.74, 6) is 0. The molecule has 1 aromatic heterocycles. The summed E-state index contributed by atoms with van der Waals surface area (Å²) in [5, 5.41) is 25.6. The van der Waals surface area contributed by atoms with E-state index in [1.165, 1.54) is 12.4 Å². The molecule has 0 aliphatic rings. The van der Waals surface area contributed by atoms with Crippen LogP contribution in [0.5, 0.6) is 0 Å². The van der Waals surface area contributed by atoms with Crippen LogP contribution in [0, 0.1) is 10.1 Å². The minimum Gasteiger partial charge on any atom is -0.392 e. The molecule has 1 atom stereocenters. The standard InChI is InChI=1S/C10H16N4O3/c1-8(15)6-12-4-5-13-9-2-3-11-7-10(9)14(16)17/h2-3,7-8,12,15H,4-6H2,1H3,(H,11,13). The molecule has 0 fully saturated rings. The van der Waals surface area contributed by atoms with Gasteiger partial charge in [0.05, 0.1) is 11.0 Å². The van der Waals surface area contributed by atoms with Gasteiger partial charge < -0.3 is 15.7 Å². The number of aliphatic hydroxyl groups is 1. The minimum atomic E-state index is -0.474. The number of aliphatic hydroxyl groups excluding tert-OH is 1. The molecule has 7 heteroatoms. The van der Waals surface area contributed by atoms with E-state index in [-0.39, 0.29) is 5.69 Å². The summed E-state index contributed by atoms with van der Waals surface area (Å²) < 4.78 is 0. The van der Waals surface area contributed by atoms with Crippen LogP contribution in [0.3, 0.4) is 0 Å². The Morgan fingerprint density at radius 2 is 2.35 bits per heavy atom. The van der Waals surface area contributed by atoms with E-state index in [0.717, 1.165) is 0 Å². The number of nitrogens with one attached hydrogen (secondary N) is 2. The molecule has 17 heavy (non-hydrogen) atoms. The first kappa shape index (κ1) is 13.3. The van der Waals surface area contributed by atoms with Crippen molar-refractivity contribution in [3.8, 4) is 0 Å². The van der Waals surface area contributed by atoms with E-state index in [1.807, 2.05) is 0 Å². The van der Waals surface area contributed by atoms with Crippen LogP contribution >= 0.6 is 0 Å². The molecule has 1 aromatic rings. The molecule has 0 aliphatic heterocycles. The summed E-state index contributed by atoms with van der Waals surface area (Å²) in [7, 11) is 0. The number of hydrogen-bond acceptors (Lipinski definition) is 6. The topological polar surface area (TPSA) is 100 Å². The van der Waals surface area contributed by atoms with Gasteiger partial charge in [0.15, 0.2) is 0 Å². The van der Waals surface area contributed by atoms with Gasteiger partial charge in [-0.15, -0.1) is 0 Å². The Morgan fingerprint density at radius 3 is 3.00 bits per heavy atom. The lowest BCUT2D eigenvalue weighted by atomic mass is 10.3. The molecule has 1 unspecified atom stereocenters. The van der Waals surface area contributed by atoms with Gasteiger partial charge in [0.25, 0.3) is 0 Å². The van der Waals surface area contributed by atoms with Gasteiger partial charge in [-0.3, -0.25) is 15.1 Å².